The van der Waals surface area contributed by atoms with E-state index < -0.39 is 0 Å². The first kappa shape index (κ1) is 19.8. The molecule has 1 atom stereocenters. The average Bonchev–Trinajstić information content (AvgIpc) is 3.49. The summed E-state index contributed by atoms with van der Waals surface area (Å²) >= 11 is 0. The monoisotopic (exact) mass is 415 g/mol. The standard InChI is InChI=1S/C25H29N5O/c1-28-17-22(23(27-28)21-10-6-3-7-11-21)26-24(31)30-15-13-25(19-30)12-14-29(18-25)16-20-8-4-2-5-9-20/h2-11,17H,12-16,18-19H2,1H3,(H,26,31). The van der Waals surface area contributed by atoms with Crippen LogP contribution in [-0.2, 0) is 13.6 Å². The largest absolute Gasteiger partial charge is 0.324 e. The number of nitrogens with one attached hydrogen (secondary N) is 1. The third kappa shape index (κ3) is 4.21. The van der Waals surface area contributed by atoms with Crippen molar-refractivity contribution in [3.63, 3.8) is 0 Å². The molecule has 0 saturated carbocycles. The van der Waals surface area contributed by atoms with Gasteiger partial charge in [-0.25, -0.2) is 4.79 Å². The maximum Gasteiger partial charge on any atom is 0.321 e. The van der Waals surface area contributed by atoms with Crippen LogP contribution in [0.15, 0.2) is 66.9 Å². The molecule has 2 amide bonds. The normalized spacial score (nSPS) is 21.1. The molecule has 1 aromatic heterocycles. The van der Waals surface area contributed by atoms with E-state index in [2.05, 4.69) is 45.6 Å². The summed E-state index contributed by atoms with van der Waals surface area (Å²) in [6, 6.07) is 20.6. The van der Waals surface area contributed by atoms with Crippen LogP contribution in [0.5, 0.6) is 0 Å². The summed E-state index contributed by atoms with van der Waals surface area (Å²) in [6.45, 7) is 4.79. The quantitative estimate of drug-likeness (QED) is 0.694. The molecule has 3 aromatic rings. The molecule has 2 aromatic carbocycles. The molecule has 3 heterocycles. The van der Waals surface area contributed by atoms with Crippen molar-refractivity contribution < 1.29 is 4.79 Å². The molecule has 2 fully saturated rings. The number of urea groups is 1. The first-order valence-electron chi connectivity index (χ1n) is 11.0. The van der Waals surface area contributed by atoms with Gasteiger partial charge in [0.05, 0.1) is 5.69 Å². The smallest absolute Gasteiger partial charge is 0.321 e. The summed E-state index contributed by atoms with van der Waals surface area (Å²) in [5.74, 6) is 0. The summed E-state index contributed by atoms with van der Waals surface area (Å²) in [4.78, 5) is 17.6. The van der Waals surface area contributed by atoms with Crippen molar-refractivity contribution in [3.8, 4) is 11.3 Å². The molecule has 2 saturated heterocycles. The number of carbonyl (C=O) groups excluding carboxylic acids is 1. The molecule has 6 nitrogen and oxygen atoms in total. The zero-order valence-electron chi connectivity index (χ0n) is 18.0. The van der Waals surface area contributed by atoms with Gasteiger partial charge in [0.15, 0.2) is 0 Å². The summed E-state index contributed by atoms with van der Waals surface area (Å²) in [6.07, 6.45) is 4.11. The van der Waals surface area contributed by atoms with Crippen molar-refractivity contribution in [3.05, 3.63) is 72.4 Å². The van der Waals surface area contributed by atoms with Crippen LogP contribution in [0.2, 0.25) is 0 Å². The van der Waals surface area contributed by atoms with Crippen molar-refractivity contribution in [2.45, 2.75) is 19.4 Å². The van der Waals surface area contributed by atoms with Crippen molar-refractivity contribution >= 4 is 11.7 Å². The van der Waals surface area contributed by atoms with Crippen molar-refractivity contribution in [2.24, 2.45) is 12.5 Å². The lowest BCUT2D eigenvalue weighted by molar-refractivity contribution is 0.210. The minimum atomic E-state index is -0.0245. The molecule has 5 rings (SSSR count). The van der Waals surface area contributed by atoms with Crippen LogP contribution in [-0.4, -0.2) is 51.8 Å². The van der Waals surface area contributed by atoms with E-state index in [1.54, 1.807) is 4.68 Å². The number of aryl methyl sites for hydroxylation is 1. The van der Waals surface area contributed by atoms with Gasteiger partial charge < -0.3 is 10.2 Å². The number of amides is 2. The molecule has 2 aliphatic heterocycles. The molecule has 6 heteroatoms. The zero-order chi connectivity index (χ0) is 21.3. The molecule has 31 heavy (non-hydrogen) atoms. The maximum absolute atomic E-state index is 13.1. The Hall–Kier alpha value is -3.12. The molecule has 1 N–H and O–H groups in total. The third-order valence-corrected chi connectivity index (χ3v) is 6.61. The van der Waals surface area contributed by atoms with E-state index in [-0.39, 0.29) is 11.4 Å². The lowest BCUT2D eigenvalue weighted by Gasteiger charge is -2.25. The highest BCUT2D eigenvalue weighted by Crippen LogP contribution is 2.40. The van der Waals surface area contributed by atoms with Gasteiger partial charge in [0, 0.05) is 50.4 Å². The number of benzene rings is 2. The third-order valence-electron chi connectivity index (χ3n) is 6.61. The van der Waals surface area contributed by atoms with Gasteiger partial charge >= 0.3 is 6.03 Å². The van der Waals surface area contributed by atoms with Crippen LogP contribution >= 0.6 is 0 Å². The summed E-state index contributed by atoms with van der Waals surface area (Å²) in [5.41, 5.74) is 4.15. The Kier molecular flexibility index (Phi) is 5.24. The Bertz CT molecular complexity index is 1050. The van der Waals surface area contributed by atoms with Gasteiger partial charge in [0.25, 0.3) is 0 Å². The average molecular weight is 416 g/mol. The molecular weight excluding hydrogens is 386 g/mol. The number of likely N-dealkylation sites (tertiary alicyclic amines) is 2. The van der Waals surface area contributed by atoms with Crippen molar-refractivity contribution in [1.29, 1.82) is 0 Å². The van der Waals surface area contributed by atoms with Gasteiger partial charge in [-0.1, -0.05) is 60.7 Å². The molecule has 1 unspecified atom stereocenters. The topological polar surface area (TPSA) is 53.4 Å². The van der Waals surface area contributed by atoms with E-state index >= 15 is 0 Å². The lowest BCUT2D eigenvalue weighted by atomic mass is 9.86. The molecule has 0 aliphatic carbocycles. The lowest BCUT2D eigenvalue weighted by Crippen LogP contribution is -2.36. The summed E-state index contributed by atoms with van der Waals surface area (Å²) in [7, 11) is 1.88. The van der Waals surface area contributed by atoms with Gasteiger partial charge in [-0.3, -0.25) is 9.58 Å². The van der Waals surface area contributed by atoms with Crippen LogP contribution in [0.3, 0.4) is 0 Å². The second kappa shape index (κ2) is 8.19. The Balaban J connectivity index is 1.23. The summed E-state index contributed by atoms with van der Waals surface area (Å²) < 4.78 is 1.75. The Morgan fingerprint density at radius 2 is 1.71 bits per heavy atom. The molecule has 1 spiro atoms. The van der Waals surface area contributed by atoms with Crippen LogP contribution < -0.4 is 5.32 Å². The van der Waals surface area contributed by atoms with Gasteiger partial charge in [0.2, 0.25) is 0 Å². The van der Waals surface area contributed by atoms with E-state index in [1.165, 1.54) is 5.56 Å². The zero-order valence-corrected chi connectivity index (χ0v) is 18.0. The van der Waals surface area contributed by atoms with E-state index in [0.29, 0.717) is 0 Å². The first-order valence-corrected chi connectivity index (χ1v) is 11.0. The fourth-order valence-corrected chi connectivity index (χ4v) is 5.03. The minimum Gasteiger partial charge on any atom is -0.324 e. The molecular formula is C25H29N5O. The fraction of sp³-hybridized carbons (Fsp3) is 0.360. The second-order valence-electron chi connectivity index (χ2n) is 8.98. The number of carbonyl (C=O) groups is 1. The van der Waals surface area contributed by atoms with Crippen LogP contribution in [0.4, 0.5) is 10.5 Å². The number of hydrogen-bond acceptors (Lipinski definition) is 3. The van der Waals surface area contributed by atoms with Gasteiger partial charge in [-0.05, 0) is 24.9 Å². The molecule has 0 bridgehead atoms. The number of rotatable bonds is 4. The Morgan fingerprint density at radius 1 is 1.00 bits per heavy atom. The Labute approximate surface area is 183 Å². The van der Waals surface area contributed by atoms with Crippen LogP contribution in [0, 0.1) is 5.41 Å². The number of anilines is 1. The molecule has 2 aliphatic rings. The first-order chi connectivity index (χ1) is 15.1. The Morgan fingerprint density at radius 3 is 2.48 bits per heavy atom. The van der Waals surface area contributed by atoms with Gasteiger partial charge in [-0.15, -0.1) is 0 Å². The van der Waals surface area contributed by atoms with Gasteiger partial charge in [0.1, 0.15) is 5.69 Å². The number of nitrogens with zero attached hydrogens (tertiary/aromatic N) is 4. The van der Waals surface area contributed by atoms with E-state index in [9.17, 15) is 4.79 Å². The predicted molar refractivity (Wildman–Crippen MR) is 123 cm³/mol. The van der Waals surface area contributed by atoms with Crippen LogP contribution in [0.1, 0.15) is 18.4 Å². The van der Waals surface area contributed by atoms with Gasteiger partial charge in [-0.2, -0.15) is 5.10 Å². The minimum absolute atomic E-state index is 0.0245. The number of hydrogen-bond donors (Lipinski definition) is 1. The highest BCUT2D eigenvalue weighted by atomic mass is 16.2. The van der Waals surface area contributed by atoms with E-state index in [4.69, 9.17) is 0 Å². The van der Waals surface area contributed by atoms with Crippen molar-refractivity contribution in [2.75, 3.05) is 31.5 Å². The highest BCUT2D eigenvalue weighted by Gasteiger charge is 2.44. The van der Waals surface area contributed by atoms with E-state index in [0.717, 1.165) is 62.5 Å². The predicted octanol–water partition coefficient (Wildman–Crippen LogP) is 4.22. The molecule has 160 valence electrons. The highest BCUT2D eigenvalue weighted by molar-refractivity contribution is 5.93. The summed E-state index contributed by atoms with van der Waals surface area (Å²) in [5, 5.41) is 7.68. The number of aromatic nitrogens is 2. The SMILES string of the molecule is Cn1cc(NC(=O)N2CCC3(CCN(Cc4ccccc4)C3)C2)c(-c2ccccc2)n1. The maximum atomic E-state index is 13.1. The van der Waals surface area contributed by atoms with Crippen LogP contribution in [0.25, 0.3) is 11.3 Å². The fourth-order valence-electron chi connectivity index (χ4n) is 5.03. The van der Waals surface area contributed by atoms with Crippen molar-refractivity contribution in [1.82, 2.24) is 19.6 Å². The molecule has 0 radical (unpaired) electrons. The second-order valence-corrected chi connectivity index (χ2v) is 8.98. The van der Waals surface area contributed by atoms with E-state index in [1.807, 2.05) is 48.5 Å².